The van der Waals surface area contributed by atoms with Gasteiger partial charge in [0.25, 0.3) is 0 Å². The molecule has 1 heterocycles. The SMILES string of the molecule is CCCC(CCN)CCC(=O)N(CC)c1ccncc1. The fourth-order valence-corrected chi connectivity index (χ4v) is 2.57. The molecule has 0 spiro atoms. The summed E-state index contributed by atoms with van der Waals surface area (Å²) in [4.78, 5) is 18.2. The minimum atomic E-state index is 0.192. The van der Waals surface area contributed by atoms with Crippen LogP contribution in [0.25, 0.3) is 0 Å². The van der Waals surface area contributed by atoms with Crippen molar-refractivity contribution in [3.63, 3.8) is 0 Å². The van der Waals surface area contributed by atoms with Gasteiger partial charge in [-0.1, -0.05) is 19.8 Å². The Labute approximate surface area is 122 Å². The van der Waals surface area contributed by atoms with Crippen molar-refractivity contribution >= 4 is 11.6 Å². The van der Waals surface area contributed by atoms with E-state index < -0.39 is 0 Å². The van der Waals surface area contributed by atoms with Crippen molar-refractivity contribution in [3.05, 3.63) is 24.5 Å². The number of anilines is 1. The number of aromatic nitrogens is 1. The topological polar surface area (TPSA) is 59.2 Å². The van der Waals surface area contributed by atoms with E-state index in [9.17, 15) is 4.79 Å². The zero-order valence-corrected chi connectivity index (χ0v) is 12.7. The summed E-state index contributed by atoms with van der Waals surface area (Å²) < 4.78 is 0. The number of carbonyl (C=O) groups is 1. The molecule has 0 aromatic carbocycles. The van der Waals surface area contributed by atoms with Crippen molar-refractivity contribution in [2.24, 2.45) is 11.7 Å². The molecule has 4 heteroatoms. The molecule has 4 nitrogen and oxygen atoms in total. The first-order valence-corrected chi connectivity index (χ1v) is 7.63. The third-order valence-electron chi connectivity index (χ3n) is 3.63. The maximum atomic E-state index is 12.4. The van der Waals surface area contributed by atoms with Gasteiger partial charge in [0.05, 0.1) is 0 Å². The van der Waals surface area contributed by atoms with Crippen LogP contribution in [-0.4, -0.2) is 24.0 Å². The molecule has 1 unspecified atom stereocenters. The standard InChI is InChI=1S/C16H27N3O/c1-3-5-14(8-11-17)6-7-16(20)19(4-2)15-9-12-18-13-10-15/h9-10,12-14H,3-8,11,17H2,1-2H3. The summed E-state index contributed by atoms with van der Waals surface area (Å²) in [5, 5.41) is 0. The fraction of sp³-hybridized carbons (Fsp3) is 0.625. The van der Waals surface area contributed by atoms with E-state index in [-0.39, 0.29) is 5.91 Å². The van der Waals surface area contributed by atoms with Crippen LogP contribution in [0.4, 0.5) is 5.69 Å². The molecule has 1 amide bonds. The molecule has 1 aromatic rings. The Morgan fingerprint density at radius 1 is 1.25 bits per heavy atom. The number of carbonyl (C=O) groups excluding carboxylic acids is 1. The van der Waals surface area contributed by atoms with E-state index in [1.165, 1.54) is 0 Å². The van der Waals surface area contributed by atoms with Gasteiger partial charge in [-0.3, -0.25) is 9.78 Å². The second kappa shape index (κ2) is 9.48. The molecule has 1 rings (SSSR count). The van der Waals surface area contributed by atoms with Gasteiger partial charge in [0, 0.05) is 31.0 Å². The lowest BCUT2D eigenvalue weighted by molar-refractivity contribution is -0.118. The molecule has 1 aromatic heterocycles. The van der Waals surface area contributed by atoms with E-state index in [0.29, 0.717) is 25.4 Å². The molecule has 20 heavy (non-hydrogen) atoms. The van der Waals surface area contributed by atoms with E-state index in [4.69, 9.17) is 5.73 Å². The first-order valence-electron chi connectivity index (χ1n) is 7.63. The lowest BCUT2D eigenvalue weighted by Gasteiger charge is -2.22. The Hall–Kier alpha value is -1.42. The molecule has 0 bridgehead atoms. The van der Waals surface area contributed by atoms with E-state index >= 15 is 0 Å². The third kappa shape index (κ3) is 5.29. The molecule has 0 aliphatic carbocycles. The number of amides is 1. The minimum absolute atomic E-state index is 0.192. The normalized spacial score (nSPS) is 12.2. The summed E-state index contributed by atoms with van der Waals surface area (Å²) in [5.41, 5.74) is 6.57. The van der Waals surface area contributed by atoms with Crippen LogP contribution >= 0.6 is 0 Å². The van der Waals surface area contributed by atoms with Crippen molar-refractivity contribution in [1.82, 2.24) is 4.98 Å². The highest BCUT2D eigenvalue weighted by atomic mass is 16.2. The molecule has 0 aliphatic rings. The van der Waals surface area contributed by atoms with Gasteiger partial charge in [0.2, 0.25) is 5.91 Å². The average Bonchev–Trinajstić information content (AvgIpc) is 2.47. The van der Waals surface area contributed by atoms with Gasteiger partial charge in [-0.15, -0.1) is 0 Å². The Bertz CT molecular complexity index is 375. The van der Waals surface area contributed by atoms with Crippen molar-refractivity contribution < 1.29 is 4.79 Å². The van der Waals surface area contributed by atoms with Crippen LogP contribution in [0.2, 0.25) is 0 Å². The molecule has 0 fully saturated rings. The van der Waals surface area contributed by atoms with Crippen molar-refractivity contribution in [2.45, 2.75) is 46.0 Å². The van der Waals surface area contributed by atoms with Gasteiger partial charge in [-0.25, -0.2) is 0 Å². The van der Waals surface area contributed by atoms with Gasteiger partial charge < -0.3 is 10.6 Å². The molecule has 0 saturated carbocycles. The second-order valence-electron chi connectivity index (χ2n) is 5.11. The van der Waals surface area contributed by atoms with Crippen LogP contribution in [0.1, 0.15) is 46.0 Å². The smallest absolute Gasteiger partial charge is 0.226 e. The third-order valence-corrected chi connectivity index (χ3v) is 3.63. The summed E-state index contributed by atoms with van der Waals surface area (Å²) in [6.45, 7) is 5.58. The second-order valence-corrected chi connectivity index (χ2v) is 5.11. The predicted octanol–water partition coefficient (Wildman–Crippen LogP) is 2.98. The summed E-state index contributed by atoms with van der Waals surface area (Å²) in [5.74, 6) is 0.766. The van der Waals surface area contributed by atoms with Gasteiger partial charge in [-0.2, -0.15) is 0 Å². The van der Waals surface area contributed by atoms with Crippen molar-refractivity contribution in [3.8, 4) is 0 Å². The van der Waals surface area contributed by atoms with Crippen LogP contribution in [0, 0.1) is 5.92 Å². The largest absolute Gasteiger partial charge is 0.330 e. The summed E-state index contributed by atoms with van der Waals surface area (Å²) in [6, 6.07) is 3.76. The number of pyridine rings is 1. The van der Waals surface area contributed by atoms with Gasteiger partial charge >= 0.3 is 0 Å². The lowest BCUT2D eigenvalue weighted by atomic mass is 9.94. The number of rotatable bonds is 9. The van der Waals surface area contributed by atoms with E-state index in [2.05, 4.69) is 11.9 Å². The average molecular weight is 277 g/mol. The van der Waals surface area contributed by atoms with E-state index in [0.717, 1.165) is 31.4 Å². The molecular formula is C16H27N3O. The lowest BCUT2D eigenvalue weighted by Crippen LogP contribution is -2.30. The van der Waals surface area contributed by atoms with Crippen LogP contribution in [0.5, 0.6) is 0 Å². The monoisotopic (exact) mass is 277 g/mol. The maximum absolute atomic E-state index is 12.4. The molecular weight excluding hydrogens is 250 g/mol. The molecule has 0 aliphatic heterocycles. The Morgan fingerprint density at radius 3 is 2.50 bits per heavy atom. The number of nitrogens with two attached hydrogens (primary N) is 1. The summed E-state index contributed by atoms with van der Waals surface area (Å²) in [6.07, 6.45) is 8.31. The van der Waals surface area contributed by atoms with Crippen molar-refractivity contribution in [1.29, 1.82) is 0 Å². The Morgan fingerprint density at radius 2 is 1.95 bits per heavy atom. The molecule has 0 saturated heterocycles. The summed E-state index contributed by atoms with van der Waals surface area (Å²) >= 11 is 0. The fourth-order valence-electron chi connectivity index (χ4n) is 2.57. The molecule has 2 N–H and O–H groups in total. The van der Waals surface area contributed by atoms with E-state index in [1.807, 2.05) is 24.0 Å². The highest BCUT2D eigenvalue weighted by molar-refractivity contribution is 5.93. The number of hydrogen-bond donors (Lipinski definition) is 1. The van der Waals surface area contributed by atoms with Gasteiger partial charge in [0.15, 0.2) is 0 Å². The van der Waals surface area contributed by atoms with Crippen molar-refractivity contribution in [2.75, 3.05) is 18.0 Å². The highest BCUT2D eigenvalue weighted by Gasteiger charge is 2.16. The van der Waals surface area contributed by atoms with Gasteiger partial charge in [0.1, 0.15) is 0 Å². The molecule has 0 radical (unpaired) electrons. The van der Waals surface area contributed by atoms with Crippen LogP contribution in [0.3, 0.4) is 0 Å². The Balaban J connectivity index is 2.55. The highest BCUT2D eigenvalue weighted by Crippen LogP contribution is 2.20. The van der Waals surface area contributed by atoms with E-state index in [1.54, 1.807) is 12.4 Å². The summed E-state index contributed by atoms with van der Waals surface area (Å²) in [7, 11) is 0. The number of nitrogens with zero attached hydrogens (tertiary/aromatic N) is 2. The quantitative estimate of drug-likeness (QED) is 0.755. The van der Waals surface area contributed by atoms with Crippen LogP contribution in [0.15, 0.2) is 24.5 Å². The Kier molecular flexibility index (Phi) is 7.88. The molecule has 1 atom stereocenters. The molecule has 112 valence electrons. The van der Waals surface area contributed by atoms with Crippen LogP contribution in [-0.2, 0) is 4.79 Å². The minimum Gasteiger partial charge on any atom is -0.330 e. The van der Waals surface area contributed by atoms with Gasteiger partial charge in [-0.05, 0) is 44.4 Å². The zero-order chi connectivity index (χ0) is 14.8. The first kappa shape index (κ1) is 16.6. The number of hydrogen-bond acceptors (Lipinski definition) is 3. The van der Waals surface area contributed by atoms with Crippen LogP contribution < -0.4 is 10.6 Å². The predicted molar refractivity (Wildman–Crippen MR) is 83.6 cm³/mol. The zero-order valence-electron chi connectivity index (χ0n) is 12.7. The maximum Gasteiger partial charge on any atom is 0.226 e. The first-order chi connectivity index (χ1) is 9.72.